The van der Waals surface area contributed by atoms with Crippen molar-refractivity contribution < 1.29 is 38.7 Å². The first-order valence-electron chi connectivity index (χ1n) is 8.83. The molecule has 1 N–H and O–H groups in total. The Morgan fingerprint density at radius 2 is 0.481 bits per heavy atom. The fourth-order valence-corrected chi connectivity index (χ4v) is 0. The zero-order chi connectivity index (χ0) is 23.2. The second-order valence-electron chi connectivity index (χ2n) is 11.8. The average molecular weight is 403 g/mol. The molecule has 0 aliphatic heterocycles. The van der Waals surface area contributed by atoms with E-state index in [1.165, 1.54) is 6.92 Å². The van der Waals surface area contributed by atoms with Gasteiger partial charge in [-0.3, -0.25) is 0 Å². The molecule has 0 aromatic rings. The van der Waals surface area contributed by atoms with Gasteiger partial charge in [0.05, 0.1) is 113 Å². The lowest BCUT2D eigenvalue weighted by molar-refractivity contribution is -0.903. The molecule has 0 amide bonds. The van der Waals surface area contributed by atoms with Crippen LogP contribution in [-0.4, -0.2) is 142 Å². The molecule has 0 bridgehead atoms. The zero-order valence-electron chi connectivity index (χ0n) is 21.7. The Labute approximate surface area is 171 Å². The van der Waals surface area contributed by atoms with Crippen LogP contribution in [0, 0.1) is 0 Å². The SMILES string of the molecule is CCC([O-])([O-])[O-].C[N+](C)(C)C.C[N+](C)(C)C.C[N+](C)(C)C.C[N+](C)(C)C.[OH-]. The van der Waals surface area contributed by atoms with Crippen molar-refractivity contribution in [3.63, 3.8) is 0 Å². The van der Waals surface area contributed by atoms with Gasteiger partial charge < -0.3 is 44.7 Å². The Kier molecular flexibility index (Phi) is 25.3. The van der Waals surface area contributed by atoms with Crippen LogP contribution in [0.1, 0.15) is 13.3 Å². The summed E-state index contributed by atoms with van der Waals surface area (Å²) >= 11 is 0. The van der Waals surface area contributed by atoms with Crippen LogP contribution in [0.5, 0.6) is 0 Å². The second kappa shape index (κ2) is 16.6. The van der Waals surface area contributed by atoms with Gasteiger partial charge in [-0.15, -0.1) is 0 Å². The molecule has 0 radical (unpaired) electrons. The first-order valence-corrected chi connectivity index (χ1v) is 8.83. The quantitative estimate of drug-likeness (QED) is 0.383. The molecular weight excluding hydrogens is 348 g/mol. The summed E-state index contributed by atoms with van der Waals surface area (Å²) in [6.07, 6.45) is -0.396. The molecule has 8 nitrogen and oxygen atoms in total. The van der Waals surface area contributed by atoms with E-state index in [1.807, 2.05) is 0 Å². The predicted octanol–water partition coefficient (Wildman–Crippen LogP) is -1.76. The maximum Gasteiger partial charge on any atom is 0.0675 e. The van der Waals surface area contributed by atoms with E-state index in [-0.39, 0.29) is 5.48 Å². The van der Waals surface area contributed by atoms with Crippen LogP contribution in [0.4, 0.5) is 0 Å². The normalized spacial score (nSPS) is 11.6. The lowest BCUT2D eigenvalue weighted by Crippen LogP contribution is -2.66. The molecule has 0 fully saturated rings. The molecule has 0 unspecified atom stereocenters. The summed E-state index contributed by atoms with van der Waals surface area (Å²) in [6, 6.07) is 0. The van der Waals surface area contributed by atoms with Crippen LogP contribution in [0.25, 0.3) is 0 Å². The van der Waals surface area contributed by atoms with Gasteiger partial charge in [-0.05, 0) is 0 Å². The molecule has 0 aliphatic carbocycles. The van der Waals surface area contributed by atoms with Gasteiger partial charge in [0.2, 0.25) is 0 Å². The van der Waals surface area contributed by atoms with E-state index in [4.69, 9.17) is 0 Å². The van der Waals surface area contributed by atoms with E-state index in [9.17, 15) is 15.3 Å². The Morgan fingerprint density at radius 1 is 0.444 bits per heavy atom. The molecule has 8 heteroatoms. The van der Waals surface area contributed by atoms with Crippen LogP contribution in [0.2, 0.25) is 0 Å². The predicted molar refractivity (Wildman–Crippen MR) is 111 cm³/mol. The maximum atomic E-state index is 9.36. The van der Waals surface area contributed by atoms with Crippen LogP contribution in [-0.2, 0) is 0 Å². The molecule has 0 rings (SSSR count). The van der Waals surface area contributed by atoms with Gasteiger partial charge in [0, 0.05) is 0 Å². The van der Waals surface area contributed by atoms with Crippen LogP contribution in [0.3, 0.4) is 0 Å². The van der Waals surface area contributed by atoms with Crippen molar-refractivity contribution in [2.45, 2.75) is 19.3 Å². The monoisotopic (exact) mass is 402 g/mol. The van der Waals surface area contributed by atoms with E-state index in [2.05, 4.69) is 113 Å². The molecule has 0 atom stereocenters. The van der Waals surface area contributed by atoms with Gasteiger partial charge in [-0.1, -0.05) is 13.3 Å². The molecule has 27 heavy (non-hydrogen) atoms. The maximum absolute atomic E-state index is 9.36. The third kappa shape index (κ3) is 2000. The lowest BCUT2D eigenvalue weighted by atomic mass is 10.4. The van der Waals surface area contributed by atoms with Crippen molar-refractivity contribution in [2.24, 2.45) is 0 Å². The molecule has 0 aromatic carbocycles. The van der Waals surface area contributed by atoms with E-state index in [0.717, 1.165) is 17.9 Å². The summed E-state index contributed by atoms with van der Waals surface area (Å²) in [4.78, 5) is 0. The van der Waals surface area contributed by atoms with Crippen molar-refractivity contribution in [1.29, 1.82) is 0 Å². The Bertz CT molecular complexity index is 219. The van der Waals surface area contributed by atoms with E-state index in [1.54, 1.807) is 0 Å². The summed E-state index contributed by atoms with van der Waals surface area (Å²) in [5.41, 5.74) is 0. The van der Waals surface area contributed by atoms with Gasteiger partial charge >= 0.3 is 0 Å². The van der Waals surface area contributed by atoms with Crippen LogP contribution >= 0.6 is 0 Å². The van der Waals surface area contributed by atoms with Gasteiger partial charge in [0.25, 0.3) is 0 Å². The summed E-state index contributed by atoms with van der Waals surface area (Å²) in [5, 5.41) is 28.1. The van der Waals surface area contributed by atoms with Crippen LogP contribution < -0.4 is 15.3 Å². The number of hydrogen-bond donors (Lipinski definition) is 0. The highest BCUT2D eigenvalue weighted by Crippen LogP contribution is 1.78. The molecule has 0 saturated heterocycles. The van der Waals surface area contributed by atoms with Gasteiger partial charge in [-0.2, -0.15) is 0 Å². The van der Waals surface area contributed by atoms with Crippen LogP contribution in [0.15, 0.2) is 0 Å². The zero-order valence-corrected chi connectivity index (χ0v) is 21.7. The number of rotatable bonds is 1. The topological polar surface area (TPSA) is 99.2 Å². The minimum Gasteiger partial charge on any atom is -0.876 e. The molecule has 0 aliphatic rings. The number of nitrogens with zero attached hydrogens (tertiary/aromatic N) is 4. The Morgan fingerprint density at radius 3 is 0.481 bits per heavy atom. The first kappa shape index (κ1) is 41.1. The Balaban J connectivity index is -0.0000000507. The molecule has 0 heterocycles. The first-order chi connectivity index (χ1) is 10.6. The average Bonchev–Trinajstić information content (AvgIpc) is 2.04. The summed E-state index contributed by atoms with van der Waals surface area (Å²) in [5.74, 6) is -3.21. The fourth-order valence-electron chi connectivity index (χ4n) is 0. The van der Waals surface area contributed by atoms with E-state index < -0.39 is 12.4 Å². The van der Waals surface area contributed by atoms with Crippen molar-refractivity contribution in [3.8, 4) is 0 Å². The summed E-state index contributed by atoms with van der Waals surface area (Å²) in [7, 11) is 34.0. The minimum atomic E-state index is -3.21. The van der Waals surface area contributed by atoms with Gasteiger partial charge in [-0.25, -0.2) is 0 Å². The highest BCUT2D eigenvalue weighted by Gasteiger charge is 1.89. The minimum absolute atomic E-state index is 0. The molecule has 0 aromatic heterocycles. The third-order valence-corrected chi connectivity index (χ3v) is 0.433. The van der Waals surface area contributed by atoms with E-state index in [0.29, 0.717) is 0 Å². The Hall–Kier alpha value is -0.320. The van der Waals surface area contributed by atoms with Crippen molar-refractivity contribution in [1.82, 2.24) is 0 Å². The second-order valence-corrected chi connectivity index (χ2v) is 11.8. The number of quaternary nitrogens is 4. The lowest BCUT2D eigenvalue weighted by Gasteiger charge is -2.57. The highest BCUT2D eigenvalue weighted by atomic mass is 16.7. The van der Waals surface area contributed by atoms with Gasteiger partial charge in [0.1, 0.15) is 0 Å². The van der Waals surface area contributed by atoms with Crippen molar-refractivity contribution >= 4 is 0 Å². The standard InChI is InChI=1S/4C4H12N.C3H5O3.H2O/c4*1-5(2,3)4;1-2-3(4,5)6;/h4*1-4H3;2H2,1H3;1H2/q4*+1;-3;/p-1. The van der Waals surface area contributed by atoms with Crippen molar-refractivity contribution in [2.75, 3.05) is 113 Å². The third-order valence-electron chi connectivity index (χ3n) is 0.433. The smallest absolute Gasteiger partial charge is 0.0675 e. The fraction of sp³-hybridized carbons (Fsp3) is 1.00. The molecule has 0 saturated carbocycles. The molecular formula is C19H54N4O4. The highest BCUT2D eigenvalue weighted by molar-refractivity contribution is 4.27. The van der Waals surface area contributed by atoms with E-state index >= 15 is 0 Å². The molecule has 0 spiro atoms. The van der Waals surface area contributed by atoms with Gasteiger partial charge in [0.15, 0.2) is 0 Å². The largest absolute Gasteiger partial charge is 0.876 e. The number of hydrogen-bond acceptors (Lipinski definition) is 4. The van der Waals surface area contributed by atoms with Crippen molar-refractivity contribution in [3.05, 3.63) is 0 Å². The summed E-state index contributed by atoms with van der Waals surface area (Å²) < 4.78 is 4.00. The molecule has 174 valence electrons. The summed E-state index contributed by atoms with van der Waals surface area (Å²) in [6.45, 7) is 1.27.